The first-order valence-electron chi connectivity index (χ1n) is 9.79. The molecule has 0 aliphatic heterocycles. The van der Waals surface area contributed by atoms with Crippen molar-refractivity contribution in [2.24, 2.45) is 28.6 Å². The fourth-order valence-electron chi connectivity index (χ4n) is 6.97. The predicted octanol–water partition coefficient (Wildman–Crippen LogP) is 3.88. The van der Waals surface area contributed by atoms with Gasteiger partial charge in [0.25, 0.3) is 0 Å². The van der Waals surface area contributed by atoms with Crippen LogP contribution in [0.25, 0.3) is 0 Å². The van der Waals surface area contributed by atoms with Gasteiger partial charge in [-0.25, -0.2) is 0 Å². The quantitative estimate of drug-likeness (QED) is 0.308. The number of fused-ring (bicyclic) bond motifs is 5. The van der Waals surface area contributed by atoms with Crippen LogP contribution in [-0.2, 0) is 9.59 Å². The second kappa shape index (κ2) is 5.81. The van der Waals surface area contributed by atoms with Gasteiger partial charge in [0.15, 0.2) is 17.8 Å². The minimum absolute atomic E-state index is 0.0213. The van der Waals surface area contributed by atoms with Crippen LogP contribution in [0.15, 0.2) is 35.1 Å². The van der Waals surface area contributed by atoms with E-state index >= 15 is 0 Å². The zero-order chi connectivity index (χ0) is 19.8. The molecule has 3 saturated carbocycles. The Labute approximate surface area is 165 Å². The largest absolute Gasteiger partial charge is 0.505 e. The summed E-state index contributed by atoms with van der Waals surface area (Å²) in [5, 5.41) is 21.6. The lowest BCUT2D eigenvalue weighted by Gasteiger charge is -2.62. The third-order valence-corrected chi connectivity index (χ3v) is 9.06. The molecule has 5 heteroatoms. The minimum atomic E-state index is -0.898. The van der Waals surface area contributed by atoms with E-state index in [1.54, 1.807) is 12.2 Å². The van der Waals surface area contributed by atoms with E-state index in [0.717, 1.165) is 30.4 Å². The van der Waals surface area contributed by atoms with Crippen LogP contribution in [0.1, 0.15) is 46.5 Å². The van der Waals surface area contributed by atoms with Gasteiger partial charge in [0.1, 0.15) is 0 Å². The highest BCUT2D eigenvalue weighted by molar-refractivity contribution is 6.26. The van der Waals surface area contributed by atoms with Crippen LogP contribution in [0.4, 0.5) is 0 Å². The van der Waals surface area contributed by atoms with Crippen LogP contribution in [0, 0.1) is 28.6 Å². The van der Waals surface area contributed by atoms with E-state index in [9.17, 15) is 19.8 Å². The van der Waals surface area contributed by atoms with Crippen LogP contribution in [-0.4, -0.2) is 33.3 Å². The summed E-state index contributed by atoms with van der Waals surface area (Å²) in [5.41, 5.74) is 0.746. The average molecular weight is 391 g/mol. The fourth-order valence-corrected chi connectivity index (χ4v) is 7.50. The summed E-state index contributed by atoms with van der Waals surface area (Å²) in [5.74, 6) is 0.0753. The lowest BCUT2D eigenvalue weighted by atomic mass is 9.46. The average Bonchev–Trinajstić information content (AvgIpc) is 2.86. The van der Waals surface area contributed by atoms with E-state index in [1.807, 2.05) is 19.9 Å². The smallest absolute Gasteiger partial charge is 0.184 e. The molecular weight excluding hydrogens is 364 g/mol. The Morgan fingerprint density at radius 1 is 1.33 bits per heavy atom. The SMILES string of the molecule is C[C@H]1C[C@H]2[C@@H]3CCC4=CC(=O)C=C[C@]4(C)[C@@]3(Cl)[C@@H](O)C[C@]2(C)/C1=C(\O)C=O. The standard InChI is InChI=1S/C22H27ClO4/c1-12-8-16-15-5-4-13-9-14(25)6-7-21(13,3)22(15,23)18(27)10-20(16,2)19(12)17(26)11-24/h6-7,9,11-12,15-16,18,26-27H,4-5,8,10H2,1-3H3/b19-17-/t12-,15-,16-,18-,20-,21-,22-/m0/s1. The van der Waals surface area contributed by atoms with Crippen LogP contribution in [0.5, 0.6) is 0 Å². The second-order valence-electron chi connectivity index (χ2n) is 9.32. The molecule has 3 fully saturated rings. The van der Waals surface area contributed by atoms with Crippen molar-refractivity contribution in [1.29, 1.82) is 0 Å². The van der Waals surface area contributed by atoms with Crippen molar-refractivity contribution in [3.63, 3.8) is 0 Å². The van der Waals surface area contributed by atoms with Crippen LogP contribution < -0.4 is 0 Å². The number of hydrogen-bond donors (Lipinski definition) is 2. The molecule has 0 radical (unpaired) electrons. The zero-order valence-corrected chi connectivity index (χ0v) is 16.8. The maximum Gasteiger partial charge on any atom is 0.184 e. The number of alkyl halides is 1. The summed E-state index contributed by atoms with van der Waals surface area (Å²) in [6.07, 6.45) is 7.66. The Kier molecular flexibility index (Phi) is 4.07. The normalized spacial score (nSPS) is 50.4. The van der Waals surface area contributed by atoms with Gasteiger partial charge in [-0.2, -0.15) is 0 Å². The summed E-state index contributed by atoms with van der Waals surface area (Å²) < 4.78 is 0. The molecule has 0 aromatic carbocycles. The van der Waals surface area contributed by atoms with Crippen molar-refractivity contribution in [2.75, 3.05) is 0 Å². The van der Waals surface area contributed by atoms with Gasteiger partial charge >= 0.3 is 0 Å². The number of hydrogen-bond acceptors (Lipinski definition) is 4. The lowest BCUT2D eigenvalue weighted by molar-refractivity contribution is -0.111. The Balaban J connectivity index is 1.85. The van der Waals surface area contributed by atoms with Gasteiger partial charge in [0.2, 0.25) is 0 Å². The van der Waals surface area contributed by atoms with Gasteiger partial charge < -0.3 is 10.2 Å². The topological polar surface area (TPSA) is 74.6 Å². The van der Waals surface area contributed by atoms with Gasteiger partial charge in [-0.15, -0.1) is 11.6 Å². The highest BCUT2D eigenvalue weighted by atomic mass is 35.5. The molecule has 0 spiro atoms. The molecule has 0 saturated heterocycles. The van der Waals surface area contributed by atoms with Gasteiger partial charge in [0.05, 0.1) is 11.0 Å². The number of aldehydes is 1. The van der Waals surface area contributed by atoms with Crippen molar-refractivity contribution in [1.82, 2.24) is 0 Å². The van der Waals surface area contributed by atoms with E-state index in [-0.39, 0.29) is 29.3 Å². The molecule has 0 bridgehead atoms. The van der Waals surface area contributed by atoms with Crippen molar-refractivity contribution in [3.8, 4) is 0 Å². The summed E-state index contributed by atoms with van der Waals surface area (Å²) in [6.45, 7) is 6.13. The monoisotopic (exact) mass is 390 g/mol. The summed E-state index contributed by atoms with van der Waals surface area (Å²) in [4.78, 5) is 22.3. The molecule has 4 aliphatic carbocycles. The van der Waals surface area contributed by atoms with Crippen LogP contribution in [0.3, 0.4) is 0 Å². The minimum Gasteiger partial charge on any atom is -0.505 e. The van der Waals surface area contributed by atoms with E-state index in [1.165, 1.54) is 0 Å². The Bertz CT molecular complexity index is 811. The predicted molar refractivity (Wildman–Crippen MR) is 103 cm³/mol. The maximum absolute atomic E-state index is 11.9. The molecule has 4 aliphatic rings. The molecule has 0 aromatic heterocycles. The van der Waals surface area contributed by atoms with E-state index in [2.05, 4.69) is 6.92 Å². The number of ketones is 1. The first-order valence-corrected chi connectivity index (χ1v) is 10.2. The number of allylic oxidation sites excluding steroid dienone is 6. The number of aliphatic hydroxyl groups is 2. The number of rotatable bonds is 1. The zero-order valence-electron chi connectivity index (χ0n) is 16.0. The van der Waals surface area contributed by atoms with E-state index in [0.29, 0.717) is 12.7 Å². The molecule has 0 heterocycles. The molecule has 2 N–H and O–H groups in total. The summed E-state index contributed by atoms with van der Waals surface area (Å²) in [7, 11) is 0. The molecule has 0 aromatic rings. The van der Waals surface area contributed by atoms with Gasteiger partial charge in [0, 0.05) is 5.41 Å². The van der Waals surface area contributed by atoms with Gasteiger partial charge in [-0.3, -0.25) is 9.59 Å². The lowest BCUT2D eigenvalue weighted by Crippen LogP contribution is -2.65. The van der Waals surface area contributed by atoms with E-state index in [4.69, 9.17) is 11.6 Å². The first-order chi connectivity index (χ1) is 12.6. The molecule has 27 heavy (non-hydrogen) atoms. The third-order valence-electron chi connectivity index (χ3n) is 8.13. The first kappa shape index (κ1) is 18.9. The molecule has 7 atom stereocenters. The van der Waals surface area contributed by atoms with E-state index < -0.39 is 21.8 Å². The number of halogens is 1. The van der Waals surface area contributed by atoms with Crippen molar-refractivity contribution < 1.29 is 19.8 Å². The van der Waals surface area contributed by atoms with Crippen LogP contribution in [0.2, 0.25) is 0 Å². The molecule has 0 unspecified atom stereocenters. The van der Waals surface area contributed by atoms with Gasteiger partial charge in [-0.1, -0.05) is 32.4 Å². The summed E-state index contributed by atoms with van der Waals surface area (Å²) >= 11 is 7.33. The third kappa shape index (κ3) is 2.20. The maximum atomic E-state index is 11.9. The molecule has 4 rings (SSSR count). The number of carbonyl (C=O) groups is 2. The van der Waals surface area contributed by atoms with Crippen molar-refractivity contribution in [2.45, 2.75) is 57.4 Å². The van der Waals surface area contributed by atoms with Crippen molar-refractivity contribution in [3.05, 3.63) is 35.1 Å². The Morgan fingerprint density at radius 2 is 2.04 bits per heavy atom. The molecule has 4 nitrogen and oxygen atoms in total. The second-order valence-corrected chi connectivity index (χ2v) is 9.94. The number of aliphatic hydroxyl groups excluding tert-OH is 2. The van der Waals surface area contributed by atoms with Crippen molar-refractivity contribution >= 4 is 23.7 Å². The fraction of sp³-hybridized carbons (Fsp3) is 0.636. The molecule has 0 amide bonds. The molecular formula is C22H27ClO4. The number of carbonyl (C=O) groups excluding carboxylic acids is 2. The Morgan fingerprint density at radius 3 is 2.70 bits per heavy atom. The Hall–Kier alpha value is -1.39. The summed E-state index contributed by atoms with van der Waals surface area (Å²) in [6, 6.07) is 0. The van der Waals surface area contributed by atoms with Gasteiger partial charge in [-0.05, 0) is 66.6 Å². The highest BCUT2D eigenvalue weighted by Crippen LogP contribution is 2.70. The van der Waals surface area contributed by atoms with Crippen LogP contribution >= 0.6 is 11.6 Å². The molecule has 146 valence electrons. The highest BCUT2D eigenvalue weighted by Gasteiger charge is 2.69.